The molecule has 0 radical (unpaired) electrons. The Kier molecular flexibility index (Phi) is 4.78. The summed E-state index contributed by atoms with van der Waals surface area (Å²) in [5.41, 5.74) is 0.392. The molecule has 0 unspecified atom stereocenters. The molecule has 2 heterocycles. The average Bonchev–Trinajstić information content (AvgIpc) is 3.08. The van der Waals surface area contributed by atoms with Gasteiger partial charge in [-0.2, -0.15) is 0 Å². The van der Waals surface area contributed by atoms with E-state index in [1.807, 2.05) is 0 Å². The van der Waals surface area contributed by atoms with Crippen LogP contribution in [0.2, 0.25) is 0 Å². The molecule has 9 heteroatoms. The number of aromatic nitrogens is 4. The lowest BCUT2D eigenvalue weighted by Crippen LogP contribution is -2.27. The van der Waals surface area contributed by atoms with Crippen molar-refractivity contribution in [1.82, 2.24) is 20.2 Å². The topological polar surface area (TPSA) is 112 Å². The van der Waals surface area contributed by atoms with Gasteiger partial charge < -0.3 is 13.9 Å². The van der Waals surface area contributed by atoms with Crippen molar-refractivity contribution in [2.45, 2.75) is 26.4 Å². The lowest BCUT2D eigenvalue weighted by Gasteiger charge is -2.19. The number of carbonyl (C=O) groups excluding carboxylic acids is 1. The van der Waals surface area contributed by atoms with Crippen LogP contribution in [0.5, 0.6) is 11.6 Å². The van der Waals surface area contributed by atoms with E-state index in [0.717, 1.165) is 0 Å². The molecule has 0 atom stereocenters. The fraction of sp³-hybridized carbons (Fsp3) is 0.235. The van der Waals surface area contributed by atoms with Crippen LogP contribution in [0.3, 0.4) is 0 Å². The minimum absolute atomic E-state index is 0.262. The first kappa shape index (κ1) is 17.3. The van der Waals surface area contributed by atoms with E-state index in [9.17, 15) is 4.79 Å². The molecule has 9 nitrogen and oxygen atoms in total. The van der Waals surface area contributed by atoms with Gasteiger partial charge in [0.05, 0.1) is 0 Å². The van der Waals surface area contributed by atoms with Gasteiger partial charge in [0.25, 0.3) is 5.89 Å². The predicted octanol–water partition coefficient (Wildman–Crippen LogP) is 3.67. The molecule has 0 saturated heterocycles. The zero-order valence-corrected chi connectivity index (χ0v) is 14.5. The van der Waals surface area contributed by atoms with E-state index in [2.05, 4.69) is 25.5 Å². The van der Waals surface area contributed by atoms with Crippen molar-refractivity contribution < 1.29 is 18.7 Å². The molecule has 0 spiro atoms. The highest BCUT2D eigenvalue weighted by atomic mass is 16.6. The number of hydrogen-bond donors (Lipinski definition) is 1. The Morgan fingerprint density at radius 1 is 1.19 bits per heavy atom. The maximum absolute atomic E-state index is 11.9. The summed E-state index contributed by atoms with van der Waals surface area (Å²) in [5.74, 6) is 1.04. The van der Waals surface area contributed by atoms with Gasteiger partial charge in [-0.3, -0.25) is 5.32 Å². The molecule has 1 aromatic carbocycles. The van der Waals surface area contributed by atoms with E-state index in [1.165, 1.54) is 12.7 Å². The number of nitrogens with zero attached hydrogens (tertiary/aromatic N) is 4. The number of rotatable bonds is 4. The SMILES string of the molecule is CC(C)(C)OC(=O)Nc1cccc(Oc2cc(-c3nnco3)ncn2)c1. The smallest absolute Gasteiger partial charge is 0.412 e. The third-order valence-corrected chi connectivity index (χ3v) is 2.92. The van der Waals surface area contributed by atoms with Crippen LogP contribution in [0.25, 0.3) is 11.6 Å². The third-order valence-electron chi connectivity index (χ3n) is 2.92. The van der Waals surface area contributed by atoms with Crippen molar-refractivity contribution in [3.63, 3.8) is 0 Å². The van der Waals surface area contributed by atoms with Crippen molar-refractivity contribution in [2.24, 2.45) is 0 Å². The highest BCUT2D eigenvalue weighted by Gasteiger charge is 2.16. The summed E-state index contributed by atoms with van der Waals surface area (Å²) in [5, 5.41) is 10.0. The van der Waals surface area contributed by atoms with Gasteiger partial charge in [-0.1, -0.05) is 6.07 Å². The third kappa shape index (κ3) is 4.76. The number of nitrogens with one attached hydrogen (secondary N) is 1. The van der Waals surface area contributed by atoms with Gasteiger partial charge in [0.2, 0.25) is 12.3 Å². The molecule has 26 heavy (non-hydrogen) atoms. The second kappa shape index (κ2) is 7.18. The van der Waals surface area contributed by atoms with Gasteiger partial charge in [-0.15, -0.1) is 10.2 Å². The first-order chi connectivity index (χ1) is 12.4. The Morgan fingerprint density at radius 3 is 2.77 bits per heavy atom. The standard InChI is InChI=1S/C17H17N5O4/c1-17(2,3)26-16(23)21-11-5-4-6-12(7-11)25-14-8-13(18-9-19-14)15-22-20-10-24-15/h4-10H,1-3H3,(H,21,23). The molecule has 1 amide bonds. The van der Waals surface area contributed by atoms with Crippen molar-refractivity contribution in [1.29, 1.82) is 0 Å². The Balaban J connectivity index is 1.71. The zero-order valence-electron chi connectivity index (χ0n) is 14.5. The Labute approximate surface area is 149 Å². The van der Waals surface area contributed by atoms with Crippen LogP contribution in [0, 0.1) is 0 Å². The summed E-state index contributed by atoms with van der Waals surface area (Å²) in [6.45, 7) is 5.38. The molecule has 134 valence electrons. The Morgan fingerprint density at radius 2 is 2.04 bits per heavy atom. The monoisotopic (exact) mass is 355 g/mol. The van der Waals surface area contributed by atoms with Crippen LogP contribution in [-0.4, -0.2) is 31.9 Å². The summed E-state index contributed by atoms with van der Waals surface area (Å²) in [7, 11) is 0. The van der Waals surface area contributed by atoms with Gasteiger partial charge >= 0.3 is 6.09 Å². The van der Waals surface area contributed by atoms with E-state index < -0.39 is 11.7 Å². The summed E-state index contributed by atoms with van der Waals surface area (Å²) >= 11 is 0. The van der Waals surface area contributed by atoms with E-state index in [1.54, 1.807) is 51.1 Å². The first-order valence-corrected chi connectivity index (χ1v) is 7.75. The average molecular weight is 355 g/mol. The van der Waals surface area contributed by atoms with E-state index in [4.69, 9.17) is 13.9 Å². The lowest BCUT2D eigenvalue weighted by molar-refractivity contribution is 0.0636. The molecule has 0 aliphatic rings. The molecule has 0 aliphatic heterocycles. The number of benzene rings is 1. The molecule has 2 aromatic heterocycles. The second-order valence-corrected chi connectivity index (χ2v) is 6.24. The minimum Gasteiger partial charge on any atom is -0.444 e. The number of hydrogen-bond acceptors (Lipinski definition) is 8. The Hall–Kier alpha value is -3.49. The molecule has 0 fully saturated rings. The van der Waals surface area contributed by atoms with Gasteiger partial charge in [-0.25, -0.2) is 14.8 Å². The van der Waals surface area contributed by atoms with Crippen molar-refractivity contribution in [3.8, 4) is 23.2 Å². The number of anilines is 1. The fourth-order valence-electron chi connectivity index (χ4n) is 1.98. The fourth-order valence-corrected chi connectivity index (χ4v) is 1.98. The summed E-state index contributed by atoms with van der Waals surface area (Å²) < 4.78 is 16.0. The highest BCUT2D eigenvalue weighted by Crippen LogP contribution is 2.25. The van der Waals surface area contributed by atoms with Crippen molar-refractivity contribution in [2.75, 3.05) is 5.32 Å². The summed E-state index contributed by atoms with van der Waals surface area (Å²) in [6.07, 6.45) is 2.00. The van der Waals surface area contributed by atoms with Crippen LogP contribution >= 0.6 is 0 Å². The molecular weight excluding hydrogens is 338 g/mol. The highest BCUT2D eigenvalue weighted by molar-refractivity contribution is 5.85. The number of amides is 1. The van der Waals surface area contributed by atoms with E-state index in [0.29, 0.717) is 23.0 Å². The molecule has 1 N–H and O–H groups in total. The van der Waals surface area contributed by atoms with Crippen LogP contribution in [0.4, 0.5) is 10.5 Å². The second-order valence-electron chi connectivity index (χ2n) is 6.24. The van der Waals surface area contributed by atoms with E-state index in [-0.39, 0.29) is 5.89 Å². The lowest BCUT2D eigenvalue weighted by atomic mass is 10.2. The normalized spacial score (nSPS) is 11.0. The number of ether oxygens (including phenoxy) is 2. The first-order valence-electron chi connectivity index (χ1n) is 7.75. The summed E-state index contributed by atoms with van der Waals surface area (Å²) in [6, 6.07) is 8.41. The molecule has 0 saturated carbocycles. The van der Waals surface area contributed by atoms with Crippen molar-refractivity contribution >= 4 is 11.8 Å². The molecule has 3 rings (SSSR count). The van der Waals surface area contributed by atoms with Gasteiger partial charge in [-0.05, 0) is 32.9 Å². The van der Waals surface area contributed by atoms with Crippen LogP contribution in [0.15, 0.2) is 47.5 Å². The maximum Gasteiger partial charge on any atom is 0.412 e. The van der Waals surface area contributed by atoms with E-state index >= 15 is 0 Å². The molecular formula is C17H17N5O4. The molecule has 0 aliphatic carbocycles. The van der Waals surface area contributed by atoms with Gasteiger partial charge in [0.1, 0.15) is 23.4 Å². The van der Waals surface area contributed by atoms with Crippen LogP contribution in [0.1, 0.15) is 20.8 Å². The maximum atomic E-state index is 11.9. The van der Waals surface area contributed by atoms with Gasteiger partial charge in [0, 0.05) is 17.8 Å². The molecule has 0 bridgehead atoms. The zero-order chi connectivity index (χ0) is 18.6. The van der Waals surface area contributed by atoms with Crippen LogP contribution in [-0.2, 0) is 4.74 Å². The van der Waals surface area contributed by atoms with Crippen LogP contribution < -0.4 is 10.1 Å². The Bertz CT molecular complexity index is 890. The largest absolute Gasteiger partial charge is 0.444 e. The minimum atomic E-state index is -0.579. The number of carbonyl (C=O) groups is 1. The molecule has 3 aromatic rings. The quantitative estimate of drug-likeness (QED) is 0.754. The summed E-state index contributed by atoms with van der Waals surface area (Å²) in [4.78, 5) is 20.0. The van der Waals surface area contributed by atoms with Crippen molar-refractivity contribution in [3.05, 3.63) is 43.1 Å². The predicted molar refractivity (Wildman–Crippen MR) is 91.7 cm³/mol. The van der Waals surface area contributed by atoms with Gasteiger partial charge in [0.15, 0.2) is 0 Å².